The van der Waals surface area contributed by atoms with Crippen LogP contribution in [0.5, 0.6) is 11.5 Å². The van der Waals surface area contributed by atoms with Crippen molar-refractivity contribution in [2.24, 2.45) is 0 Å². The number of rotatable bonds is 4. The van der Waals surface area contributed by atoms with Gasteiger partial charge in [0.1, 0.15) is 5.75 Å². The summed E-state index contributed by atoms with van der Waals surface area (Å²) >= 11 is 11.7. The van der Waals surface area contributed by atoms with Gasteiger partial charge in [0.15, 0.2) is 11.6 Å². The lowest BCUT2D eigenvalue weighted by atomic mass is 10.2. The molecular weight excluding hydrogens is 399 g/mol. The van der Waals surface area contributed by atoms with Gasteiger partial charge in [0.25, 0.3) is 5.91 Å². The molecule has 10 heteroatoms. The number of hydrazine groups is 1. The van der Waals surface area contributed by atoms with E-state index in [1.165, 1.54) is 23.2 Å². The van der Waals surface area contributed by atoms with Crippen LogP contribution < -0.4 is 10.2 Å². The van der Waals surface area contributed by atoms with Crippen LogP contribution in [0, 0.1) is 5.82 Å². The molecule has 0 bridgehead atoms. The number of hydrogen-bond acceptors (Lipinski definition) is 3. The van der Waals surface area contributed by atoms with E-state index in [-0.39, 0.29) is 22.4 Å². The number of carbonyl (C=O) groups is 1. The quantitative estimate of drug-likeness (QED) is 0.559. The van der Waals surface area contributed by atoms with Gasteiger partial charge in [0.05, 0.1) is 21.2 Å². The standard InChI is InChI=1S/C16H12Cl2F4N2O2/c1-24(2)23-15(25)10-7-9(3-4-11(10)17)26-14-12(18)5-8(6-13(14)19)16(20,21)22/h3-7H,1-2H3,(H,23,25). The Morgan fingerprint density at radius 2 is 1.77 bits per heavy atom. The summed E-state index contributed by atoms with van der Waals surface area (Å²) in [7, 11) is 3.17. The average Bonchev–Trinajstić information content (AvgIpc) is 2.50. The van der Waals surface area contributed by atoms with Gasteiger partial charge < -0.3 is 4.74 Å². The van der Waals surface area contributed by atoms with Crippen molar-refractivity contribution in [1.29, 1.82) is 0 Å². The Labute approximate surface area is 156 Å². The second-order valence-electron chi connectivity index (χ2n) is 5.35. The number of alkyl halides is 3. The summed E-state index contributed by atoms with van der Waals surface area (Å²) in [5.41, 5.74) is 1.25. The van der Waals surface area contributed by atoms with E-state index in [2.05, 4.69) is 5.43 Å². The van der Waals surface area contributed by atoms with Gasteiger partial charge in [0.2, 0.25) is 0 Å². The van der Waals surface area contributed by atoms with Crippen LogP contribution in [-0.2, 0) is 6.18 Å². The third-order valence-corrected chi connectivity index (χ3v) is 3.66. The number of benzene rings is 2. The number of hydrogen-bond donors (Lipinski definition) is 1. The van der Waals surface area contributed by atoms with Crippen LogP contribution in [0.25, 0.3) is 0 Å². The molecule has 0 radical (unpaired) electrons. The molecule has 0 fully saturated rings. The Kier molecular flexibility index (Phi) is 6.00. The lowest BCUT2D eigenvalue weighted by molar-refractivity contribution is -0.137. The van der Waals surface area contributed by atoms with Crippen LogP contribution in [-0.4, -0.2) is 25.0 Å². The molecule has 1 amide bonds. The third kappa shape index (κ3) is 4.78. The van der Waals surface area contributed by atoms with Gasteiger partial charge >= 0.3 is 6.18 Å². The summed E-state index contributed by atoms with van der Waals surface area (Å²) in [5.74, 6) is -2.47. The fraction of sp³-hybridized carbons (Fsp3) is 0.188. The van der Waals surface area contributed by atoms with Gasteiger partial charge in [-0.05, 0) is 30.3 Å². The van der Waals surface area contributed by atoms with Crippen molar-refractivity contribution >= 4 is 29.1 Å². The molecule has 0 spiro atoms. The zero-order valence-electron chi connectivity index (χ0n) is 13.4. The van der Waals surface area contributed by atoms with Gasteiger partial charge in [-0.15, -0.1) is 0 Å². The van der Waals surface area contributed by atoms with Gasteiger partial charge in [-0.1, -0.05) is 23.2 Å². The first-order valence-corrected chi connectivity index (χ1v) is 7.76. The zero-order valence-corrected chi connectivity index (χ0v) is 14.9. The predicted molar refractivity (Wildman–Crippen MR) is 89.1 cm³/mol. The molecule has 0 aliphatic heterocycles. The minimum absolute atomic E-state index is 0.0288. The van der Waals surface area contributed by atoms with E-state index in [1.54, 1.807) is 14.1 Å². The molecule has 0 unspecified atom stereocenters. The third-order valence-electron chi connectivity index (χ3n) is 3.05. The van der Waals surface area contributed by atoms with Crippen molar-refractivity contribution in [3.8, 4) is 11.5 Å². The summed E-state index contributed by atoms with van der Waals surface area (Å²) < 4.78 is 57.3. The number of nitrogens with zero attached hydrogens (tertiary/aromatic N) is 1. The maximum atomic E-state index is 14.0. The first kappa shape index (κ1) is 20.3. The number of nitrogens with one attached hydrogen (secondary N) is 1. The Balaban J connectivity index is 2.36. The maximum Gasteiger partial charge on any atom is 0.416 e. The van der Waals surface area contributed by atoms with Crippen LogP contribution in [0.1, 0.15) is 15.9 Å². The molecule has 0 aliphatic carbocycles. The van der Waals surface area contributed by atoms with E-state index in [1.807, 2.05) is 0 Å². The van der Waals surface area contributed by atoms with E-state index in [4.69, 9.17) is 27.9 Å². The summed E-state index contributed by atoms with van der Waals surface area (Å²) in [6.45, 7) is 0. The van der Waals surface area contributed by atoms with Gasteiger partial charge in [0, 0.05) is 14.1 Å². The van der Waals surface area contributed by atoms with Crippen LogP contribution in [0.4, 0.5) is 17.6 Å². The minimum Gasteiger partial charge on any atom is -0.453 e. The normalized spacial score (nSPS) is 11.6. The molecule has 4 nitrogen and oxygen atoms in total. The van der Waals surface area contributed by atoms with E-state index in [0.29, 0.717) is 6.07 Å². The molecule has 0 atom stereocenters. The van der Waals surface area contributed by atoms with Gasteiger partial charge in [-0.2, -0.15) is 13.2 Å². The molecule has 2 aromatic rings. The number of ether oxygens (including phenoxy) is 1. The van der Waals surface area contributed by atoms with Crippen LogP contribution in [0.15, 0.2) is 30.3 Å². The summed E-state index contributed by atoms with van der Waals surface area (Å²) in [4.78, 5) is 12.1. The molecule has 26 heavy (non-hydrogen) atoms. The Morgan fingerprint density at radius 3 is 2.31 bits per heavy atom. The summed E-state index contributed by atoms with van der Waals surface area (Å²) in [6, 6.07) is 4.69. The van der Waals surface area contributed by atoms with Crippen LogP contribution in [0.2, 0.25) is 10.0 Å². The SMILES string of the molecule is CN(C)NC(=O)c1cc(Oc2c(F)cc(C(F)(F)F)cc2Cl)ccc1Cl. The number of amides is 1. The van der Waals surface area contributed by atoms with Crippen molar-refractivity contribution in [3.63, 3.8) is 0 Å². The highest BCUT2D eigenvalue weighted by atomic mass is 35.5. The van der Waals surface area contributed by atoms with Crippen molar-refractivity contribution in [2.45, 2.75) is 6.18 Å². The largest absolute Gasteiger partial charge is 0.453 e. The first-order chi connectivity index (χ1) is 12.0. The highest BCUT2D eigenvalue weighted by molar-refractivity contribution is 6.34. The van der Waals surface area contributed by atoms with E-state index in [0.717, 1.165) is 0 Å². The van der Waals surface area contributed by atoms with Gasteiger partial charge in [-0.3, -0.25) is 10.2 Å². The highest BCUT2D eigenvalue weighted by Crippen LogP contribution is 2.39. The maximum absolute atomic E-state index is 14.0. The fourth-order valence-corrected chi connectivity index (χ4v) is 2.39. The van der Waals surface area contributed by atoms with Crippen molar-refractivity contribution < 1.29 is 27.1 Å². The molecule has 140 valence electrons. The first-order valence-electron chi connectivity index (χ1n) is 7.01. The number of halogens is 6. The molecule has 2 rings (SSSR count). The van der Waals surface area contributed by atoms with Crippen molar-refractivity contribution in [3.05, 3.63) is 57.3 Å². The molecule has 1 N–H and O–H groups in total. The predicted octanol–water partition coefficient (Wildman–Crippen LogP) is 5.15. The molecule has 0 aromatic heterocycles. The molecular formula is C16H12Cl2F4N2O2. The summed E-state index contributed by atoms with van der Waals surface area (Å²) in [5, 5.41) is 0.931. The highest BCUT2D eigenvalue weighted by Gasteiger charge is 2.32. The molecule has 0 heterocycles. The topological polar surface area (TPSA) is 41.6 Å². The Bertz CT molecular complexity index is 818. The van der Waals surface area contributed by atoms with Crippen LogP contribution >= 0.6 is 23.2 Å². The van der Waals surface area contributed by atoms with E-state index < -0.39 is 34.2 Å². The smallest absolute Gasteiger partial charge is 0.416 e. The number of carbonyl (C=O) groups excluding carboxylic acids is 1. The molecule has 0 saturated carbocycles. The zero-order chi connectivity index (χ0) is 19.6. The Hall–Kier alpha value is -2.03. The molecule has 0 saturated heterocycles. The molecule has 2 aromatic carbocycles. The summed E-state index contributed by atoms with van der Waals surface area (Å²) in [6.07, 6.45) is -4.75. The van der Waals surface area contributed by atoms with Crippen molar-refractivity contribution in [2.75, 3.05) is 14.1 Å². The fourth-order valence-electron chi connectivity index (χ4n) is 1.94. The Morgan fingerprint density at radius 1 is 1.12 bits per heavy atom. The minimum atomic E-state index is -4.75. The lowest BCUT2D eigenvalue weighted by Gasteiger charge is -2.15. The monoisotopic (exact) mass is 410 g/mol. The average molecular weight is 411 g/mol. The van der Waals surface area contributed by atoms with Crippen molar-refractivity contribution in [1.82, 2.24) is 10.4 Å². The molecule has 0 aliphatic rings. The van der Waals surface area contributed by atoms with Crippen LogP contribution in [0.3, 0.4) is 0 Å². The van der Waals surface area contributed by atoms with Gasteiger partial charge in [-0.25, -0.2) is 9.40 Å². The second kappa shape index (κ2) is 7.69. The second-order valence-corrected chi connectivity index (χ2v) is 6.16. The van der Waals surface area contributed by atoms with E-state index in [9.17, 15) is 22.4 Å². The lowest BCUT2D eigenvalue weighted by Crippen LogP contribution is -2.36. The van der Waals surface area contributed by atoms with E-state index >= 15 is 0 Å².